The first kappa shape index (κ1) is 14.0. The van der Waals surface area contributed by atoms with Crippen LogP contribution in [0.4, 0.5) is 0 Å². The molecule has 4 nitrogen and oxygen atoms in total. The maximum absolute atomic E-state index is 12.2. The summed E-state index contributed by atoms with van der Waals surface area (Å²) in [4.78, 5) is 14.0. The molecule has 0 aromatic heterocycles. The van der Waals surface area contributed by atoms with E-state index in [1.54, 1.807) is 0 Å². The lowest BCUT2D eigenvalue weighted by Crippen LogP contribution is -2.29. The van der Waals surface area contributed by atoms with Crippen LogP contribution in [-0.2, 0) is 16.0 Å². The third-order valence-corrected chi connectivity index (χ3v) is 3.24. The summed E-state index contributed by atoms with van der Waals surface area (Å²) < 4.78 is 11.0. The van der Waals surface area contributed by atoms with Gasteiger partial charge in [0.05, 0.1) is 0 Å². The molecule has 0 radical (unpaired) electrons. The molecule has 104 valence electrons. The minimum atomic E-state index is -0.216. The third kappa shape index (κ3) is 3.33. The first-order valence-corrected chi connectivity index (χ1v) is 6.86. The van der Waals surface area contributed by atoms with Crippen LogP contribution >= 0.6 is 0 Å². The fraction of sp³-hybridized carbons (Fsp3) is 0.533. The molecule has 1 aliphatic rings. The monoisotopic (exact) mass is 263 g/mol. The molecule has 2 rings (SSSR count). The van der Waals surface area contributed by atoms with Crippen LogP contribution in [-0.4, -0.2) is 36.9 Å². The van der Waals surface area contributed by atoms with Gasteiger partial charge in [0.25, 0.3) is 5.91 Å². The number of carbonyl (C=O) groups excluding carboxylic acids is 1. The largest absolute Gasteiger partial charge is 0.353 e. The number of rotatable bonds is 7. The van der Waals surface area contributed by atoms with Gasteiger partial charge in [-0.2, -0.15) is 0 Å². The van der Waals surface area contributed by atoms with Crippen molar-refractivity contribution in [1.29, 1.82) is 0 Å². The predicted molar refractivity (Wildman–Crippen MR) is 72.8 cm³/mol. The Hall–Kier alpha value is -1.39. The van der Waals surface area contributed by atoms with E-state index in [0.29, 0.717) is 32.7 Å². The first-order chi connectivity index (χ1) is 9.26. The van der Waals surface area contributed by atoms with Crippen LogP contribution in [0.15, 0.2) is 24.3 Å². The topological polar surface area (TPSA) is 38.8 Å². The molecule has 1 heterocycles. The Morgan fingerprint density at radius 1 is 1.21 bits per heavy atom. The molecule has 0 saturated carbocycles. The molecule has 1 aromatic rings. The zero-order valence-corrected chi connectivity index (χ0v) is 11.6. The van der Waals surface area contributed by atoms with Gasteiger partial charge in [0.15, 0.2) is 6.29 Å². The molecule has 0 atom stereocenters. The Morgan fingerprint density at radius 2 is 1.89 bits per heavy atom. The number of hydrogen-bond acceptors (Lipinski definition) is 3. The van der Waals surface area contributed by atoms with Crippen molar-refractivity contribution < 1.29 is 14.3 Å². The van der Waals surface area contributed by atoms with Gasteiger partial charge in [-0.15, -0.1) is 0 Å². The lowest BCUT2D eigenvalue weighted by molar-refractivity contribution is -0.140. The summed E-state index contributed by atoms with van der Waals surface area (Å²) in [6.07, 6.45) is 0.494. The maximum Gasteiger partial charge on any atom is 0.254 e. The van der Waals surface area contributed by atoms with Crippen molar-refractivity contribution in [1.82, 2.24) is 4.90 Å². The van der Waals surface area contributed by atoms with E-state index < -0.39 is 0 Å². The van der Waals surface area contributed by atoms with Gasteiger partial charge in [0.1, 0.15) is 0 Å². The van der Waals surface area contributed by atoms with Crippen molar-refractivity contribution in [3.05, 3.63) is 35.4 Å². The normalized spacial score (nSPS) is 14.3. The van der Waals surface area contributed by atoms with Gasteiger partial charge >= 0.3 is 0 Å². The van der Waals surface area contributed by atoms with Gasteiger partial charge in [-0.3, -0.25) is 4.79 Å². The Kier molecular flexibility index (Phi) is 4.93. The van der Waals surface area contributed by atoms with E-state index >= 15 is 0 Å². The average molecular weight is 263 g/mol. The van der Waals surface area contributed by atoms with E-state index in [9.17, 15) is 4.79 Å². The molecule has 0 N–H and O–H groups in total. The molecule has 1 aliphatic heterocycles. The summed E-state index contributed by atoms with van der Waals surface area (Å²) in [7, 11) is 0. The van der Waals surface area contributed by atoms with Crippen LogP contribution in [0.25, 0.3) is 0 Å². The fourth-order valence-electron chi connectivity index (χ4n) is 2.34. The van der Waals surface area contributed by atoms with E-state index in [1.807, 2.05) is 43.0 Å². The molecule has 1 aromatic carbocycles. The lowest BCUT2D eigenvalue weighted by Gasteiger charge is -2.21. The Bertz CT molecular complexity index is 427. The zero-order valence-electron chi connectivity index (χ0n) is 11.6. The summed E-state index contributed by atoms with van der Waals surface area (Å²) in [5.41, 5.74) is 1.93. The van der Waals surface area contributed by atoms with Crippen LogP contribution in [0.3, 0.4) is 0 Å². The molecule has 0 unspecified atom stereocenters. The molecule has 0 aliphatic carbocycles. The highest BCUT2D eigenvalue weighted by atomic mass is 16.7. The SMILES string of the molecule is CCOC(CCN1Cc2ccccc2C1=O)OCC. The van der Waals surface area contributed by atoms with Crippen LogP contribution in [0.1, 0.15) is 36.2 Å². The molecule has 19 heavy (non-hydrogen) atoms. The van der Waals surface area contributed by atoms with Crippen molar-refractivity contribution in [2.75, 3.05) is 19.8 Å². The lowest BCUT2D eigenvalue weighted by atomic mass is 10.1. The van der Waals surface area contributed by atoms with Gasteiger partial charge in [-0.25, -0.2) is 0 Å². The Morgan fingerprint density at radius 3 is 2.53 bits per heavy atom. The van der Waals surface area contributed by atoms with Crippen LogP contribution in [0, 0.1) is 0 Å². The van der Waals surface area contributed by atoms with Crippen molar-refractivity contribution in [2.24, 2.45) is 0 Å². The quantitative estimate of drug-likeness (QED) is 0.709. The van der Waals surface area contributed by atoms with Gasteiger partial charge < -0.3 is 14.4 Å². The number of hydrogen-bond donors (Lipinski definition) is 0. The molecule has 1 amide bonds. The molecule has 0 saturated heterocycles. The van der Waals surface area contributed by atoms with Crippen molar-refractivity contribution >= 4 is 5.91 Å². The number of carbonyl (C=O) groups is 1. The van der Waals surface area contributed by atoms with Crippen molar-refractivity contribution in [2.45, 2.75) is 33.1 Å². The second kappa shape index (κ2) is 6.68. The Labute approximate surface area is 114 Å². The highest BCUT2D eigenvalue weighted by Gasteiger charge is 2.27. The summed E-state index contributed by atoms with van der Waals surface area (Å²) >= 11 is 0. The van der Waals surface area contributed by atoms with E-state index in [0.717, 1.165) is 11.1 Å². The maximum atomic E-state index is 12.2. The molecular formula is C15H21NO3. The van der Waals surface area contributed by atoms with Crippen molar-refractivity contribution in [3.8, 4) is 0 Å². The first-order valence-electron chi connectivity index (χ1n) is 6.86. The van der Waals surface area contributed by atoms with E-state index in [2.05, 4.69) is 0 Å². The number of nitrogens with zero attached hydrogens (tertiary/aromatic N) is 1. The number of ether oxygens (including phenoxy) is 2. The highest BCUT2D eigenvalue weighted by Crippen LogP contribution is 2.22. The van der Waals surface area contributed by atoms with Crippen LogP contribution in [0.5, 0.6) is 0 Å². The summed E-state index contributed by atoms with van der Waals surface area (Å²) in [6.45, 7) is 6.50. The number of benzene rings is 1. The van der Waals surface area contributed by atoms with Gasteiger partial charge in [-0.05, 0) is 25.5 Å². The smallest absolute Gasteiger partial charge is 0.254 e. The summed E-state index contributed by atoms with van der Waals surface area (Å²) in [5.74, 6) is 0.113. The van der Waals surface area contributed by atoms with E-state index in [4.69, 9.17) is 9.47 Å². The van der Waals surface area contributed by atoms with Gasteiger partial charge in [0, 0.05) is 38.3 Å². The highest BCUT2D eigenvalue weighted by molar-refractivity contribution is 5.98. The van der Waals surface area contributed by atoms with E-state index in [1.165, 1.54) is 0 Å². The minimum Gasteiger partial charge on any atom is -0.353 e. The van der Waals surface area contributed by atoms with Crippen molar-refractivity contribution in [3.63, 3.8) is 0 Å². The number of fused-ring (bicyclic) bond motifs is 1. The zero-order chi connectivity index (χ0) is 13.7. The Balaban J connectivity index is 1.90. The summed E-state index contributed by atoms with van der Waals surface area (Å²) in [5, 5.41) is 0. The summed E-state index contributed by atoms with van der Waals surface area (Å²) in [6, 6.07) is 7.78. The molecule has 0 bridgehead atoms. The third-order valence-electron chi connectivity index (χ3n) is 3.24. The molecule has 4 heteroatoms. The van der Waals surface area contributed by atoms with Crippen LogP contribution in [0.2, 0.25) is 0 Å². The number of amides is 1. The predicted octanol–water partition coefficient (Wildman–Crippen LogP) is 2.43. The minimum absolute atomic E-state index is 0.113. The fourth-order valence-corrected chi connectivity index (χ4v) is 2.34. The second-order valence-electron chi connectivity index (χ2n) is 4.51. The van der Waals surface area contributed by atoms with Crippen LogP contribution < -0.4 is 0 Å². The molecule has 0 fully saturated rings. The second-order valence-corrected chi connectivity index (χ2v) is 4.51. The average Bonchev–Trinajstić information content (AvgIpc) is 2.74. The molecular weight excluding hydrogens is 242 g/mol. The standard InChI is InChI=1S/C15H21NO3/c1-3-18-14(19-4-2)9-10-16-11-12-7-5-6-8-13(12)15(16)17/h5-8,14H,3-4,9-11H2,1-2H3. The van der Waals surface area contributed by atoms with E-state index in [-0.39, 0.29) is 12.2 Å². The van der Waals surface area contributed by atoms with Gasteiger partial charge in [0.2, 0.25) is 0 Å². The van der Waals surface area contributed by atoms with Gasteiger partial charge in [-0.1, -0.05) is 18.2 Å². The molecule has 0 spiro atoms.